The summed E-state index contributed by atoms with van der Waals surface area (Å²) in [6, 6.07) is 12.4. The lowest BCUT2D eigenvalue weighted by Gasteiger charge is -2.30. The Kier molecular flexibility index (Phi) is 3.94. The third-order valence-electron chi connectivity index (χ3n) is 4.63. The van der Waals surface area contributed by atoms with E-state index in [-0.39, 0.29) is 0 Å². The van der Waals surface area contributed by atoms with E-state index in [2.05, 4.69) is 33.3 Å². The van der Waals surface area contributed by atoms with Crippen LogP contribution in [0.25, 0.3) is 5.69 Å². The fourth-order valence-corrected chi connectivity index (χ4v) is 3.31. The van der Waals surface area contributed by atoms with Crippen LogP contribution >= 0.6 is 0 Å². The molecule has 1 aromatic carbocycles. The summed E-state index contributed by atoms with van der Waals surface area (Å²) in [5.74, 6) is 0.645. The van der Waals surface area contributed by atoms with Crippen LogP contribution in [0, 0.1) is 0 Å². The number of piperidine rings is 1. The fourth-order valence-electron chi connectivity index (χ4n) is 3.31. The van der Waals surface area contributed by atoms with Gasteiger partial charge in [0.15, 0.2) is 0 Å². The molecule has 1 fully saturated rings. The molecule has 3 aromatic rings. The molecule has 1 aliphatic heterocycles. The smallest absolute Gasteiger partial charge is 0.0769 e. The maximum Gasteiger partial charge on any atom is 0.0769 e. The number of hydrogen-bond acceptors (Lipinski definition) is 3. The van der Waals surface area contributed by atoms with E-state index in [9.17, 15) is 0 Å². The number of para-hydroxylation sites is 1. The highest BCUT2D eigenvalue weighted by molar-refractivity contribution is 5.30. The Bertz CT molecular complexity index is 724. The molecule has 5 nitrogen and oxygen atoms in total. The molecule has 0 saturated carbocycles. The normalized spacial score (nSPS) is 16.7. The van der Waals surface area contributed by atoms with Crippen molar-refractivity contribution in [1.82, 2.24) is 24.9 Å². The van der Waals surface area contributed by atoms with Gasteiger partial charge in [0.25, 0.3) is 0 Å². The maximum absolute atomic E-state index is 4.70. The number of aromatic amines is 1. The van der Waals surface area contributed by atoms with E-state index in [1.54, 1.807) is 0 Å². The van der Waals surface area contributed by atoms with Gasteiger partial charge < -0.3 is 0 Å². The molecule has 0 spiro atoms. The monoisotopic (exact) mass is 307 g/mol. The minimum atomic E-state index is 0.645. The quantitative estimate of drug-likeness (QED) is 0.806. The molecular formula is C18H21N5. The Balaban J connectivity index is 1.36. The highest BCUT2D eigenvalue weighted by Gasteiger charge is 2.21. The van der Waals surface area contributed by atoms with Crippen LogP contribution in [0.15, 0.2) is 55.0 Å². The van der Waals surface area contributed by atoms with Gasteiger partial charge in [0.2, 0.25) is 0 Å². The van der Waals surface area contributed by atoms with Crippen LogP contribution in [-0.2, 0) is 6.54 Å². The van der Waals surface area contributed by atoms with Crippen LogP contribution in [-0.4, -0.2) is 38.0 Å². The summed E-state index contributed by atoms with van der Waals surface area (Å²) in [6.45, 7) is 3.17. The molecule has 0 bridgehead atoms. The lowest BCUT2D eigenvalue weighted by atomic mass is 9.91. The average molecular weight is 307 g/mol. The van der Waals surface area contributed by atoms with Crippen molar-refractivity contribution in [3.8, 4) is 5.69 Å². The molecule has 118 valence electrons. The van der Waals surface area contributed by atoms with E-state index in [0.717, 1.165) is 31.0 Å². The summed E-state index contributed by atoms with van der Waals surface area (Å²) < 4.78 is 1.95. The summed E-state index contributed by atoms with van der Waals surface area (Å²) in [5.41, 5.74) is 3.59. The van der Waals surface area contributed by atoms with E-state index in [1.807, 2.05) is 41.5 Å². The second-order valence-corrected chi connectivity index (χ2v) is 6.17. The minimum absolute atomic E-state index is 0.645. The topological polar surface area (TPSA) is 49.7 Å². The highest BCUT2D eigenvalue weighted by atomic mass is 15.3. The zero-order valence-corrected chi connectivity index (χ0v) is 13.1. The first-order valence-electron chi connectivity index (χ1n) is 8.19. The van der Waals surface area contributed by atoms with Gasteiger partial charge in [0.05, 0.1) is 17.6 Å². The Morgan fingerprint density at radius 2 is 1.91 bits per heavy atom. The number of rotatable bonds is 4. The molecule has 0 atom stereocenters. The van der Waals surface area contributed by atoms with Crippen molar-refractivity contribution in [3.63, 3.8) is 0 Å². The summed E-state index contributed by atoms with van der Waals surface area (Å²) in [5, 5.41) is 11.7. The van der Waals surface area contributed by atoms with Crippen molar-refractivity contribution in [3.05, 3.63) is 66.2 Å². The van der Waals surface area contributed by atoms with Gasteiger partial charge in [0, 0.05) is 18.9 Å². The Morgan fingerprint density at radius 3 is 2.65 bits per heavy atom. The molecule has 4 rings (SSSR count). The first-order chi connectivity index (χ1) is 11.4. The van der Waals surface area contributed by atoms with Gasteiger partial charge in [-0.15, -0.1) is 0 Å². The van der Waals surface area contributed by atoms with Crippen LogP contribution in [0.3, 0.4) is 0 Å². The molecular weight excluding hydrogens is 286 g/mol. The molecule has 0 radical (unpaired) electrons. The van der Waals surface area contributed by atoms with Crippen LogP contribution in [0.5, 0.6) is 0 Å². The number of benzene rings is 1. The predicted octanol–water partition coefficient (Wildman–Crippen LogP) is 2.98. The molecule has 1 saturated heterocycles. The lowest BCUT2D eigenvalue weighted by molar-refractivity contribution is 0.202. The number of H-pyrrole nitrogens is 1. The van der Waals surface area contributed by atoms with Gasteiger partial charge >= 0.3 is 0 Å². The van der Waals surface area contributed by atoms with Gasteiger partial charge in [0.1, 0.15) is 0 Å². The first-order valence-corrected chi connectivity index (χ1v) is 8.19. The van der Waals surface area contributed by atoms with Crippen LogP contribution in [0.2, 0.25) is 0 Å². The zero-order valence-electron chi connectivity index (χ0n) is 13.1. The SMILES string of the molecule is c1ccc(-n2ccc(CN3CCC(c4cn[nH]c4)CC3)n2)cc1. The number of hydrogen-bond donors (Lipinski definition) is 1. The molecule has 0 aliphatic carbocycles. The Morgan fingerprint density at radius 1 is 1.09 bits per heavy atom. The Labute approximate surface area is 135 Å². The Hall–Kier alpha value is -2.40. The summed E-state index contributed by atoms with van der Waals surface area (Å²) in [7, 11) is 0. The minimum Gasteiger partial charge on any atom is -0.297 e. The van der Waals surface area contributed by atoms with Gasteiger partial charge in [-0.2, -0.15) is 10.2 Å². The van der Waals surface area contributed by atoms with Crippen LogP contribution in [0.1, 0.15) is 30.0 Å². The third kappa shape index (κ3) is 3.19. The molecule has 5 heteroatoms. The van der Waals surface area contributed by atoms with Gasteiger partial charge in [-0.25, -0.2) is 4.68 Å². The molecule has 0 amide bonds. The lowest BCUT2D eigenvalue weighted by Crippen LogP contribution is -2.32. The molecule has 0 unspecified atom stereocenters. The fraction of sp³-hybridized carbons (Fsp3) is 0.333. The zero-order chi connectivity index (χ0) is 15.5. The summed E-state index contributed by atoms with van der Waals surface area (Å²) in [6.07, 6.45) is 8.42. The predicted molar refractivity (Wildman–Crippen MR) is 89.4 cm³/mol. The van der Waals surface area contributed by atoms with Gasteiger partial charge in [-0.3, -0.25) is 10.00 Å². The molecule has 2 aromatic heterocycles. The number of nitrogens with one attached hydrogen (secondary N) is 1. The van der Waals surface area contributed by atoms with E-state index >= 15 is 0 Å². The van der Waals surface area contributed by atoms with Gasteiger partial charge in [-0.05, 0) is 55.6 Å². The van der Waals surface area contributed by atoms with Crippen LogP contribution < -0.4 is 0 Å². The standard InChI is InChI=1S/C18H21N5/c1-2-4-18(5-3-1)23-11-8-17(21-23)14-22-9-6-15(7-10-22)16-12-19-20-13-16/h1-5,8,11-13,15H,6-7,9-10,14H2,(H,19,20). The third-order valence-corrected chi connectivity index (χ3v) is 4.63. The van der Waals surface area contributed by atoms with Gasteiger partial charge in [-0.1, -0.05) is 18.2 Å². The van der Waals surface area contributed by atoms with Crippen molar-refractivity contribution < 1.29 is 0 Å². The second-order valence-electron chi connectivity index (χ2n) is 6.17. The van der Waals surface area contributed by atoms with Crippen LogP contribution in [0.4, 0.5) is 0 Å². The van der Waals surface area contributed by atoms with Crippen molar-refractivity contribution in [2.45, 2.75) is 25.3 Å². The second kappa shape index (κ2) is 6.38. The number of aromatic nitrogens is 4. The summed E-state index contributed by atoms with van der Waals surface area (Å²) in [4.78, 5) is 2.49. The van der Waals surface area contributed by atoms with Crippen molar-refractivity contribution in [2.75, 3.05) is 13.1 Å². The molecule has 23 heavy (non-hydrogen) atoms. The first kappa shape index (κ1) is 14.2. The average Bonchev–Trinajstić information content (AvgIpc) is 3.28. The maximum atomic E-state index is 4.70. The van der Waals surface area contributed by atoms with E-state index in [1.165, 1.54) is 18.4 Å². The van der Waals surface area contributed by atoms with Crippen molar-refractivity contribution >= 4 is 0 Å². The number of nitrogens with zero attached hydrogens (tertiary/aromatic N) is 4. The van der Waals surface area contributed by atoms with E-state index in [0.29, 0.717) is 5.92 Å². The van der Waals surface area contributed by atoms with E-state index < -0.39 is 0 Å². The molecule has 1 aliphatic rings. The largest absolute Gasteiger partial charge is 0.297 e. The highest BCUT2D eigenvalue weighted by Crippen LogP contribution is 2.27. The van der Waals surface area contributed by atoms with Crippen molar-refractivity contribution in [2.24, 2.45) is 0 Å². The van der Waals surface area contributed by atoms with E-state index in [4.69, 9.17) is 5.10 Å². The molecule has 3 heterocycles. The van der Waals surface area contributed by atoms with Crippen molar-refractivity contribution in [1.29, 1.82) is 0 Å². The number of likely N-dealkylation sites (tertiary alicyclic amines) is 1. The molecule has 1 N–H and O–H groups in total. The summed E-state index contributed by atoms with van der Waals surface area (Å²) >= 11 is 0.